The summed E-state index contributed by atoms with van der Waals surface area (Å²) in [5, 5.41) is 10.5. The van der Waals surface area contributed by atoms with Crippen LogP contribution in [0.1, 0.15) is 5.69 Å². The smallest absolute Gasteiger partial charge is 0.265 e. The van der Waals surface area contributed by atoms with Crippen LogP contribution in [0.3, 0.4) is 0 Å². The van der Waals surface area contributed by atoms with Gasteiger partial charge in [-0.25, -0.2) is 13.4 Å². The summed E-state index contributed by atoms with van der Waals surface area (Å²) in [4.78, 5) is 13.3. The number of hydrogen-bond acceptors (Lipinski definition) is 8. The van der Waals surface area contributed by atoms with Crippen molar-refractivity contribution in [3.63, 3.8) is 0 Å². The van der Waals surface area contributed by atoms with E-state index >= 15 is 0 Å². The Balaban J connectivity index is 1.69. The van der Waals surface area contributed by atoms with E-state index < -0.39 is 10.0 Å². The molecule has 0 radical (unpaired) electrons. The van der Waals surface area contributed by atoms with Crippen LogP contribution in [0.5, 0.6) is 5.75 Å². The summed E-state index contributed by atoms with van der Waals surface area (Å²) < 4.78 is 33.6. The minimum atomic E-state index is -3.88. The Bertz CT molecular complexity index is 1500. The number of sulfonamides is 1. The highest BCUT2D eigenvalue weighted by Crippen LogP contribution is 2.28. The first-order valence-electron chi connectivity index (χ1n) is 10.2. The maximum absolute atomic E-state index is 12.9. The Morgan fingerprint density at radius 2 is 1.85 bits per heavy atom. The quantitative estimate of drug-likeness (QED) is 0.332. The zero-order valence-corrected chi connectivity index (χ0v) is 19.3. The zero-order chi connectivity index (χ0) is 24.1. The van der Waals surface area contributed by atoms with Crippen molar-refractivity contribution in [2.24, 2.45) is 0 Å². The molecule has 34 heavy (non-hydrogen) atoms. The van der Waals surface area contributed by atoms with E-state index in [0.29, 0.717) is 33.6 Å². The van der Waals surface area contributed by atoms with Gasteiger partial charge < -0.3 is 15.5 Å². The fourth-order valence-electron chi connectivity index (χ4n) is 3.38. The average molecular weight is 475 g/mol. The lowest BCUT2D eigenvalue weighted by atomic mass is 10.1. The molecule has 4 aromatic rings. The number of hydrogen-bond donors (Lipinski definition) is 3. The molecule has 0 aliphatic heterocycles. The molecule has 4 rings (SSSR count). The predicted octanol–water partition coefficient (Wildman–Crippen LogP) is 3.71. The second-order valence-corrected chi connectivity index (χ2v) is 8.86. The van der Waals surface area contributed by atoms with Crippen molar-refractivity contribution in [1.29, 1.82) is 5.41 Å². The number of pyridine rings is 1. The van der Waals surface area contributed by atoms with Gasteiger partial charge in [0.05, 0.1) is 41.9 Å². The van der Waals surface area contributed by atoms with E-state index in [2.05, 4.69) is 25.0 Å². The molecule has 10 heteroatoms. The summed E-state index contributed by atoms with van der Waals surface area (Å²) in [6.07, 6.45) is 7.58. The van der Waals surface area contributed by atoms with Crippen molar-refractivity contribution in [2.45, 2.75) is 4.90 Å². The van der Waals surface area contributed by atoms with E-state index in [1.165, 1.54) is 25.6 Å². The Morgan fingerprint density at radius 3 is 2.62 bits per heavy atom. The Kier molecular flexibility index (Phi) is 6.51. The molecule has 9 nitrogen and oxygen atoms in total. The van der Waals surface area contributed by atoms with E-state index in [0.717, 1.165) is 5.56 Å². The van der Waals surface area contributed by atoms with Gasteiger partial charge in [0, 0.05) is 36.8 Å². The number of para-hydroxylation sites is 1. The molecule has 2 aromatic heterocycles. The van der Waals surface area contributed by atoms with Gasteiger partial charge in [-0.1, -0.05) is 18.2 Å². The summed E-state index contributed by atoms with van der Waals surface area (Å²) in [7, 11) is -0.715. The maximum atomic E-state index is 12.9. The maximum Gasteiger partial charge on any atom is 0.265 e. The van der Waals surface area contributed by atoms with Crippen LogP contribution in [0.4, 0.5) is 5.69 Å². The Hall–Kier alpha value is -4.31. The predicted molar refractivity (Wildman–Crippen MR) is 132 cm³/mol. The van der Waals surface area contributed by atoms with Crippen molar-refractivity contribution in [2.75, 3.05) is 18.9 Å². The molecule has 0 saturated carbocycles. The first-order valence-corrected chi connectivity index (χ1v) is 11.7. The summed E-state index contributed by atoms with van der Waals surface area (Å²) in [5.74, 6) is 0.250. The van der Waals surface area contributed by atoms with Gasteiger partial charge in [0.15, 0.2) is 0 Å². The molecular formula is C24H22N6O3S. The highest BCUT2D eigenvalue weighted by atomic mass is 32.2. The highest BCUT2D eigenvalue weighted by molar-refractivity contribution is 7.92. The third-order valence-corrected chi connectivity index (χ3v) is 6.40. The summed E-state index contributed by atoms with van der Waals surface area (Å²) in [6.45, 7) is 0. The molecule has 0 bridgehead atoms. The Morgan fingerprint density at radius 1 is 1.03 bits per heavy atom. The van der Waals surface area contributed by atoms with Crippen LogP contribution in [0.15, 0.2) is 78.2 Å². The van der Waals surface area contributed by atoms with Crippen LogP contribution in [-0.2, 0) is 10.0 Å². The van der Waals surface area contributed by atoms with Gasteiger partial charge in [-0.05, 0) is 35.9 Å². The second-order valence-electron chi connectivity index (χ2n) is 7.21. The number of nitrogens with zero attached hydrogens (tertiary/aromatic N) is 3. The molecule has 2 heterocycles. The number of fused-ring (bicyclic) bond motifs is 1. The number of aromatic nitrogens is 3. The lowest BCUT2D eigenvalue weighted by Crippen LogP contribution is -2.14. The second kappa shape index (κ2) is 9.67. The molecule has 3 N–H and O–H groups in total. The lowest BCUT2D eigenvalue weighted by molar-refractivity contribution is 0.403. The molecule has 0 aliphatic rings. The largest absolute Gasteiger partial charge is 0.495 e. The van der Waals surface area contributed by atoms with Crippen LogP contribution in [0, 0.1) is 5.41 Å². The lowest BCUT2D eigenvalue weighted by Gasteiger charge is -2.12. The van der Waals surface area contributed by atoms with Crippen LogP contribution in [-0.4, -0.2) is 43.7 Å². The van der Waals surface area contributed by atoms with Gasteiger partial charge in [0.25, 0.3) is 10.0 Å². The summed E-state index contributed by atoms with van der Waals surface area (Å²) in [6, 6.07) is 13.6. The first-order chi connectivity index (χ1) is 16.4. The number of allylic oxidation sites excluding steroid dienone is 1. The molecule has 0 aliphatic carbocycles. The van der Waals surface area contributed by atoms with Crippen molar-refractivity contribution in [3.05, 3.63) is 79.0 Å². The number of nitrogens with one attached hydrogen (secondary N) is 3. The van der Waals surface area contributed by atoms with Crippen LogP contribution in [0.2, 0.25) is 0 Å². The number of ether oxygens (including phenoxy) is 1. The number of methoxy groups -OCH3 is 1. The van der Waals surface area contributed by atoms with Crippen molar-refractivity contribution in [1.82, 2.24) is 20.3 Å². The highest BCUT2D eigenvalue weighted by Gasteiger charge is 2.19. The molecule has 0 spiro atoms. The molecule has 0 atom stereocenters. The first kappa shape index (κ1) is 22.9. The molecular weight excluding hydrogens is 452 g/mol. The summed E-state index contributed by atoms with van der Waals surface area (Å²) in [5.41, 5.74) is 4.29. The van der Waals surface area contributed by atoms with Gasteiger partial charge in [0.1, 0.15) is 10.6 Å². The van der Waals surface area contributed by atoms with Gasteiger partial charge in [-0.15, -0.1) is 0 Å². The van der Waals surface area contributed by atoms with Crippen molar-refractivity contribution < 1.29 is 13.2 Å². The van der Waals surface area contributed by atoms with E-state index in [1.807, 2.05) is 18.2 Å². The molecule has 2 aromatic carbocycles. The molecule has 0 fully saturated rings. The fourth-order valence-corrected chi connectivity index (χ4v) is 4.59. The van der Waals surface area contributed by atoms with Crippen LogP contribution in [0.25, 0.3) is 27.7 Å². The van der Waals surface area contributed by atoms with Crippen molar-refractivity contribution in [3.8, 4) is 16.9 Å². The van der Waals surface area contributed by atoms with E-state index in [9.17, 15) is 8.42 Å². The summed E-state index contributed by atoms with van der Waals surface area (Å²) >= 11 is 0. The minimum absolute atomic E-state index is 0.0352. The third-order valence-electron chi connectivity index (χ3n) is 4.98. The van der Waals surface area contributed by atoms with Gasteiger partial charge in [0.2, 0.25) is 0 Å². The zero-order valence-electron chi connectivity index (χ0n) is 18.5. The minimum Gasteiger partial charge on any atom is -0.495 e. The van der Waals surface area contributed by atoms with E-state index in [-0.39, 0.29) is 10.6 Å². The van der Waals surface area contributed by atoms with Gasteiger partial charge >= 0.3 is 0 Å². The monoisotopic (exact) mass is 474 g/mol. The third kappa shape index (κ3) is 4.71. The van der Waals surface area contributed by atoms with Gasteiger partial charge in [-0.3, -0.25) is 14.7 Å². The Labute approximate surface area is 197 Å². The standard InChI is InChI=1S/C24H22N6O3S/c1-26-12-18(11-25)22-15-28-20-8-7-16(10-21(20)29-22)17-9-19(14-27-13-17)30-34(31,32)24-6-4-3-5-23(24)33-2/h3-15,25-26,30H,1-2H3/b18-12+,25-11?. The molecule has 0 amide bonds. The van der Waals surface area contributed by atoms with E-state index in [4.69, 9.17) is 10.1 Å². The van der Waals surface area contributed by atoms with Crippen molar-refractivity contribution >= 4 is 38.5 Å². The topological polar surface area (TPSA) is 130 Å². The number of rotatable bonds is 8. The molecule has 172 valence electrons. The van der Waals surface area contributed by atoms with E-state index in [1.54, 1.807) is 49.9 Å². The average Bonchev–Trinajstić information content (AvgIpc) is 2.86. The van der Waals surface area contributed by atoms with Crippen LogP contribution >= 0.6 is 0 Å². The molecule has 0 saturated heterocycles. The fraction of sp³-hybridized carbons (Fsp3) is 0.0833. The molecule has 0 unspecified atom stereocenters. The van der Waals surface area contributed by atoms with Crippen LogP contribution < -0.4 is 14.8 Å². The number of anilines is 1. The SMILES string of the molecule is CN/C=C(\C=N)c1cnc2ccc(-c3cncc(NS(=O)(=O)c4ccccc4OC)c3)cc2n1. The number of benzene rings is 2. The normalized spacial score (nSPS) is 11.8. The van der Waals surface area contributed by atoms with Gasteiger partial charge in [-0.2, -0.15) is 0 Å².